The van der Waals surface area contributed by atoms with E-state index in [0.29, 0.717) is 0 Å². The van der Waals surface area contributed by atoms with Crippen LogP contribution in [0.15, 0.2) is 35.2 Å². The molecule has 110 valence electrons. The van der Waals surface area contributed by atoms with Gasteiger partial charge in [0.2, 0.25) is 0 Å². The number of carbonyl (C=O) groups is 1. The Labute approximate surface area is 130 Å². The number of hydrogen-bond acceptors (Lipinski definition) is 2. The van der Waals surface area contributed by atoms with E-state index in [1.54, 1.807) is 6.26 Å². The highest BCUT2D eigenvalue weighted by Crippen LogP contribution is 2.30. The van der Waals surface area contributed by atoms with Crippen LogP contribution in [0.25, 0.3) is 0 Å². The quantitative estimate of drug-likeness (QED) is 0.812. The highest BCUT2D eigenvalue weighted by molar-refractivity contribution is 7.98. The SMILES string of the molecule is CSc1c(F)cccc1C(=O)Nc1c(Cl)ccc(F)c1C. The number of rotatable bonds is 3. The highest BCUT2D eigenvalue weighted by atomic mass is 35.5. The van der Waals surface area contributed by atoms with Crippen molar-refractivity contribution in [3.05, 3.63) is 58.1 Å². The Morgan fingerprint density at radius 1 is 1.19 bits per heavy atom. The molecule has 0 radical (unpaired) electrons. The summed E-state index contributed by atoms with van der Waals surface area (Å²) in [6.45, 7) is 1.51. The van der Waals surface area contributed by atoms with Gasteiger partial charge in [-0.05, 0) is 37.4 Å². The molecule has 2 rings (SSSR count). The first kappa shape index (κ1) is 15.8. The van der Waals surface area contributed by atoms with Crippen LogP contribution in [-0.2, 0) is 0 Å². The van der Waals surface area contributed by atoms with Gasteiger partial charge in [0.15, 0.2) is 0 Å². The number of carbonyl (C=O) groups excluding carboxylic acids is 1. The summed E-state index contributed by atoms with van der Waals surface area (Å²) in [5.41, 5.74) is 0.609. The van der Waals surface area contributed by atoms with Crippen molar-refractivity contribution in [2.45, 2.75) is 11.8 Å². The van der Waals surface area contributed by atoms with E-state index < -0.39 is 17.5 Å². The van der Waals surface area contributed by atoms with Gasteiger partial charge >= 0.3 is 0 Å². The van der Waals surface area contributed by atoms with Gasteiger partial charge in [-0.3, -0.25) is 4.79 Å². The molecule has 0 aliphatic carbocycles. The zero-order chi connectivity index (χ0) is 15.6. The standard InChI is InChI=1S/C15H12ClF2NOS/c1-8-11(17)7-6-10(16)13(8)19-15(20)9-4-3-5-12(18)14(9)21-2/h3-7H,1-2H3,(H,19,20). The fourth-order valence-corrected chi connectivity index (χ4v) is 2.78. The summed E-state index contributed by atoms with van der Waals surface area (Å²) >= 11 is 7.11. The Bertz CT molecular complexity index is 706. The van der Waals surface area contributed by atoms with Gasteiger partial charge in [-0.1, -0.05) is 17.7 Å². The van der Waals surface area contributed by atoms with E-state index in [4.69, 9.17) is 11.6 Å². The summed E-state index contributed by atoms with van der Waals surface area (Å²) in [7, 11) is 0. The van der Waals surface area contributed by atoms with E-state index in [0.717, 1.165) is 11.8 Å². The Kier molecular flexibility index (Phi) is 4.85. The van der Waals surface area contributed by atoms with Gasteiger partial charge in [-0.25, -0.2) is 8.78 Å². The van der Waals surface area contributed by atoms with Gasteiger partial charge in [-0.15, -0.1) is 11.8 Å². The number of thioether (sulfide) groups is 1. The van der Waals surface area contributed by atoms with Crippen molar-refractivity contribution in [1.29, 1.82) is 0 Å². The average molecular weight is 328 g/mol. The number of nitrogens with one attached hydrogen (secondary N) is 1. The number of amides is 1. The second-order valence-corrected chi connectivity index (χ2v) is 5.53. The molecule has 0 bridgehead atoms. The number of benzene rings is 2. The van der Waals surface area contributed by atoms with Crippen LogP contribution in [0.3, 0.4) is 0 Å². The molecular weight excluding hydrogens is 316 g/mol. The largest absolute Gasteiger partial charge is 0.320 e. The van der Waals surface area contributed by atoms with E-state index in [1.165, 1.54) is 37.3 Å². The van der Waals surface area contributed by atoms with Crippen LogP contribution in [0.5, 0.6) is 0 Å². The minimum absolute atomic E-state index is 0.183. The molecule has 0 heterocycles. The second-order valence-electron chi connectivity index (χ2n) is 4.30. The molecular formula is C15H12ClF2NOS. The van der Waals surface area contributed by atoms with E-state index in [1.807, 2.05) is 0 Å². The fourth-order valence-electron chi connectivity index (χ4n) is 1.88. The number of hydrogen-bond donors (Lipinski definition) is 1. The third kappa shape index (κ3) is 3.19. The van der Waals surface area contributed by atoms with Gasteiger partial charge in [0.25, 0.3) is 5.91 Å². The molecule has 2 aromatic carbocycles. The first-order valence-corrected chi connectivity index (χ1v) is 7.64. The molecule has 0 spiro atoms. The van der Waals surface area contributed by atoms with Crippen LogP contribution in [0.1, 0.15) is 15.9 Å². The summed E-state index contributed by atoms with van der Waals surface area (Å²) in [6, 6.07) is 6.82. The molecule has 6 heteroatoms. The van der Waals surface area contributed by atoms with E-state index in [-0.39, 0.29) is 26.7 Å². The van der Waals surface area contributed by atoms with Crippen LogP contribution in [0, 0.1) is 18.6 Å². The van der Waals surface area contributed by atoms with E-state index >= 15 is 0 Å². The Morgan fingerprint density at radius 2 is 1.90 bits per heavy atom. The van der Waals surface area contributed by atoms with Crippen molar-refractivity contribution in [3.8, 4) is 0 Å². The summed E-state index contributed by atoms with van der Waals surface area (Å²) in [4.78, 5) is 12.5. The van der Waals surface area contributed by atoms with Crippen LogP contribution in [0.4, 0.5) is 14.5 Å². The molecule has 0 fully saturated rings. The van der Waals surface area contributed by atoms with Crippen molar-refractivity contribution in [1.82, 2.24) is 0 Å². The highest BCUT2D eigenvalue weighted by Gasteiger charge is 2.17. The topological polar surface area (TPSA) is 29.1 Å². The summed E-state index contributed by atoms with van der Waals surface area (Å²) in [5.74, 6) is -1.48. The first-order valence-electron chi connectivity index (χ1n) is 6.04. The van der Waals surface area contributed by atoms with E-state index in [9.17, 15) is 13.6 Å². The molecule has 2 nitrogen and oxygen atoms in total. The monoisotopic (exact) mass is 327 g/mol. The lowest BCUT2D eigenvalue weighted by Crippen LogP contribution is -2.15. The smallest absolute Gasteiger partial charge is 0.256 e. The Hall–Kier alpha value is -1.59. The van der Waals surface area contributed by atoms with Crippen LogP contribution in [-0.4, -0.2) is 12.2 Å². The molecule has 2 aromatic rings. The molecule has 0 unspecified atom stereocenters. The second kappa shape index (κ2) is 6.45. The molecule has 0 aliphatic rings. The average Bonchev–Trinajstić information content (AvgIpc) is 2.47. The molecule has 1 amide bonds. The van der Waals surface area contributed by atoms with Gasteiger partial charge in [0.05, 0.1) is 21.2 Å². The lowest BCUT2D eigenvalue weighted by atomic mass is 10.1. The summed E-state index contributed by atoms with van der Waals surface area (Å²) in [6.07, 6.45) is 1.68. The predicted molar refractivity (Wildman–Crippen MR) is 82.3 cm³/mol. The Morgan fingerprint density at radius 3 is 2.57 bits per heavy atom. The van der Waals surface area contributed by atoms with Crippen LogP contribution < -0.4 is 5.32 Å². The Balaban J connectivity index is 2.40. The van der Waals surface area contributed by atoms with Gasteiger partial charge < -0.3 is 5.32 Å². The maximum absolute atomic E-state index is 13.7. The van der Waals surface area contributed by atoms with Crippen molar-refractivity contribution in [2.75, 3.05) is 11.6 Å². The third-order valence-electron chi connectivity index (χ3n) is 3.00. The lowest BCUT2D eigenvalue weighted by molar-refractivity contribution is 0.102. The number of halogens is 3. The third-order valence-corrected chi connectivity index (χ3v) is 4.14. The lowest BCUT2D eigenvalue weighted by Gasteiger charge is -2.13. The molecule has 0 saturated carbocycles. The fraction of sp³-hybridized carbons (Fsp3) is 0.133. The van der Waals surface area contributed by atoms with Crippen molar-refractivity contribution < 1.29 is 13.6 Å². The van der Waals surface area contributed by atoms with Gasteiger partial charge in [0, 0.05) is 5.56 Å². The minimum Gasteiger partial charge on any atom is -0.320 e. The van der Waals surface area contributed by atoms with Crippen LogP contribution in [0.2, 0.25) is 5.02 Å². The maximum atomic E-state index is 13.7. The van der Waals surface area contributed by atoms with E-state index in [2.05, 4.69) is 5.32 Å². The maximum Gasteiger partial charge on any atom is 0.256 e. The molecule has 0 atom stereocenters. The molecule has 1 N–H and O–H groups in total. The number of anilines is 1. The molecule has 0 aliphatic heterocycles. The van der Waals surface area contributed by atoms with Crippen LogP contribution >= 0.6 is 23.4 Å². The molecule has 21 heavy (non-hydrogen) atoms. The molecule has 0 aromatic heterocycles. The van der Waals surface area contributed by atoms with Crippen molar-refractivity contribution in [2.24, 2.45) is 0 Å². The molecule has 0 saturated heterocycles. The summed E-state index contributed by atoms with van der Waals surface area (Å²) < 4.78 is 27.2. The van der Waals surface area contributed by atoms with Gasteiger partial charge in [0.1, 0.15) is 11.6 Å². The summed E-state index contributed by atoms with van der Waals surface area (Å²) in [5, 5.41) is 2.77. The normalized spacial score (nSPS) is 10.5. The predicted octanol–water partition coefficient (Wildman–Crippen LogP) is 4.90. The first-order chi connectivity index (χ1) is 9.95. The zero-order valence-electron chi connectivity index (χ0n) is 11.3. The minimum atomic E-state index is -0.533. The van der Waals surface area contributed by atoms with Crippen molar-refractivity contribution >= 4 is 35.0 Å². The van der Waals surface area contributed by atoms with Gasteiger partial charge in [-0.2, -0.15) is 0 Å². The van der Waals surface area contributed by atoms with Crippen molar-refractivity contribution in [3.63, 3.8) is 0 Å². The zero-order valence-corrected chi connectivity index (χ0v) is 12.9.